The largest absolute Gasteiger partial charge is 0.481 e. The average molecular weight is 408 g/mol. The van der Waals surface area contributed by atoms with Crippen LogP contribution in [0.3, 0.4) is 0 Å². The molecule has 5 nitrogen and oxygen atoms in total. The van der Waals surface area contributed by atoms with E-state index in [4.69, 9.17) is 5.11 Å². The quantitative estimate of drug-likeness (QED) is 0.670. The molecule has 0 spiro atoms. The Balaban J connectivity index is 2.58. The molecule has 7 heteroatoms. The van der Waals surface area contributed by atoms with Crippen molar-refractivity contribution in [2.75, 3.05) is 11.9 Å². The molecule has 2 amide bonds. The van der Waals surface area contributed by atoms with Crippen LogP contribution < -0.4 is 10.6 Å². The number of urea groups is 1. The van der Waals surface area contributed by atoms with E-state index in [0.29, 0.717) is 12.1 Å². The molecule has 0 saturated carbocycles. The number of amides is 2. The Morgan fingerprint density at radius 1 is 1.30 bits per heavy atom. The summed E-state index contributed by atoms with van der Waals surface area (Å²) in [6.07, 6.45) is 1.30. The standard InChI is InChI=1S/C13H16Br2N2O3/c1-2-4-8(12(18)19)7-16-13(20)17-11-9(14)5-3-6-10(11)15/h3,5-6,8H,2,4,7H2,1H3,(H,18,19)(H2,16,17,20). The molecular formula is C13H16Br2N2O3. The van der Waals surface area contributed by atoms with Gasteiger partial charge in [-0.1, -0.05) is 19.4 Å². The predicted octanol–water partition coefficient (Wildman–Crippen LogP) is 3.83. The van der Waals surface area contributed by atoms with Gasteiger partial charge in [0, 0.05) is 15.5 Å². The molecular weight excluding hydrogens is 392 g/mol. The number of aliphatic carboxylic acids is 1. The zero-order valence-corrected chi connectivity index (χ0v) is 14.1. The fourth-order valence-corrected chi connectivity index (χ4v) is 2.85. The summed E-state index contributed by atoms with van der Waals surface area (Å²) in [6, 6.07) is 5.01. The molecule has 110 valence electrons. The Hall–Kier alpha value is -1.08. The van der Waals surface area contributed by atoms with Crippen LogP contribution in [0.1, 0.15) is 19.8 Å². The Kier molecular flexibility index (Phi) is 7.01. The molecule has 0 aliphatic heterocycles. The van der Waals surface area contributed by atoms with E-state index in [0.717, 1.165) is 15.4 Å². The SMILES string of the molecule is CCCC(CNC(=O)Nc1c(Br)cccc1Br)C(=O)O. The van der Waals surface area contributed by atoms with E-state index >= 15 is 0 Å². The van der Waals surface area contributed by atoms with Crippen molar-refractivity contribution in [1.82, 2.24) is 5.32 Å². The lowest BCUT2D eigenvalue weighted by molar-refractivity contribution is -0.141. The van der Waals surface area contributed by atoms with Crippen LogP contribution in [0, 0.1) is 5.92 Å². The summed E-state index contributed by atoms with van der Waals surface area (Å²) in [7, 11) is 0. The summed E-state index contributed by atoms with van der Waals surface area (Å²) in [6.45, 7) is 2.02. The van der Waals surface area contributed by atoms with Gasteiger partial charge in [-0.25, -0.2) is 4.79 Å². The Morgan fingerprint density at radius 3 is 2.40 bits per heavy atom. The van der Waals surface area contributed by atoms with Crippen molar-refractivity contribution < 1.29 is 14.7 Å². The molecule has 0 fully saturated rings. The maximum Gasteiger partial charge on any atom is 0.319 e. The molecule has 1 rings (SSSR count). The number of carbonyl (C=O) groups is 2. The molecule has 0 bridgehead atoms. The van der Waals surface area contributed by atoms with E-state index in [1.54, 1.807) is 12.1 Å². The predicted molar refractivity (Wildman–Crippen MR) is 84.9 cm³/mol. The van der Waals surface area contributed by atoms with Crippen molar-refractivity contribution in [3.05, 3.63) is 27.1 Å². The number of rotatable bonds is 6. The second kappa shape index (κ2) is 8.26. The number of hydrogen-bond donors (Lipinski definition) is 3. The van der Waals surface area contributed by atoms with Gasteiger partial charge in [-0.05, 0) is 50.4 Å². The van der Waals surface area contributed by atoms with Gasteiger partial charge in [0.05, 0.1) is 11.6 Å². The van der Waals surface area contributed by atoms with Crippen LogP contribution in [0.2, 0.25) is 0 Å². The molecule has 0 aliphatic rings. The van der Waals surface area contributed by atoms with Crippen LogP contribution in [0.5, 0.6) is 0 Å². The third kappa shape index (κ3) is 5.13. The lowest BCUT2D eigenvalue weighted by atomic mass is 10.0. The molecule has 0 aromatic heterocycles. The van der Waals surface area contributed by atoms with Crippen molar-refractivity contribution in [2.24, 2.45) is 5.92 Å². The van der Waals surface area contributed by atoms with E-state index in [9.17, 15) is 9.59 Å². The first-order valence-corrected chi connectivity index (χ1v) is 7.76. The normalized spacial score (nSPS) is 11.8. The highest BCUT2D eigenvalue weighted by Gasteiger charge is 2.17. The number of carboxylic acid groups (broad SMARTS) is 1. The molecule has 0 aliphatic carbocycles. The van der Waals surface area contributed by atoms with Gasteiger partial charge in [0.25, 0.3) is 0 Å². The summed E-state index contributed by atoms with van der Waals surface area (Å²) in [5, 5.41) is 14.3. The van der Waals surface area contributed by atoms with Crippen molar-refractivity contribution in [3.63, 3.8) is 0 Å². The van der Waals surface area contributed by atoms with Gasteiger partial charge in [0.2, 0.25) is 0 Å². The molecule has 1 aromatic carbocycles. The van der Waals surface area contributed by atoms with Crippen molar-refractivity contribution in [3.8, 4) is 0 Å². The van der Waals surface area contributed by atoms with Gasteiger partial charge in [-0.3, -0.25) is 4.79 Å². The second-order valence-electron chi connectivity index (χ2n) is 4.26. The topological polar surface area (TPSA) is 78.4 Å². The molecule has 0 radical (unpaired) electrons. The first kappa shape index (κ1) is 17.0. The van der Waals surface area contributed by atoms with Crippen molar-refractivity contribution in [2.45, 2.75) is 19.8 Å². The van der Waals surface area contributed by atoms with Crippen LogP contribution in [0.15, 0.2) is 27.1 Å². The number of nitrogens with one attached hydrogen (secondary N) is 2. The highest BCUT2D eigenvalue weighted by Crippen LogP contribution is 2.30. The molecule has 0 heterocycles. The minimum absolute atomic E-state index is 0.108. The monoisotopic (exact) mass is 406 g/mol. The fraction of sp³-hybridized carbons (Fsp3) is 0.385. The zero-order chi connectivity index (χ0) is 15.1. The average Bonchev–Trinajstić information content (AvgIpc) is 2.38. The number of benzene rings is 1. The molecule has 1 atom stereocenters. The number of hydrogen-bond acceptors (Lipinski definition) is 2. The maximum absolute atomic E-state index is 11.8. The van der Waals surface area contributed by atoms with Gasteiger partial charge < -0.3 is 15.7 Å². The molecule has 20 heavy (non-hydrogen) atoms. The van der Waals surface area contributed by atoms with Gasteiger partial charge in [0.15, 0.2) is 0 Å². The fourth-order valence-electron chi connectivity index (χ4n) is 1.65. The summed E-state index contributed by atoms with van der Waals surface area (Å²) in [5.74, 6) is -1.46. The van der Waals surface area contributed by atoms with Gasteiger partial charge in [-0.2, -0.15) is 0 Å². The lowest BCUT2D eigenvalue weighted by Gasteiger charge is -2.14. The minimum atomic E-state index is -0.894. The van der Waals surface area contributed by atoms with Gasteiger partial charge in [-0.15, -0.1) is 0 Å². The Morgan fingerprint density at radius 2 is 1.90 bits per heavy atom. The molecule has 1 aromatic rings. The minimum Gasteiger partial charge on any atom is -0.481 e. The summed E-state index contributed by atoms with van der Waals surface area (Å²) < 4.78 is 1.48. The number of carbonyl (C=O) groups excluding carboxylic acids is 1. The molecule has 3 N–H and O–H groups in total. The number of halogens is 2. The second-order valence-corrected chi connectivity index (χ2v) is 5.96. The van der Waals surface area contributed by atoms with Crippen LogP contribution in [0.25, 0.3) is 0 Å². The van der Waals surface area contributed by atoms with E-state index in [1.165, 1.54) is 0 Å². The highest BCUT2D eigenvalue weighted by atomic mass is 79.9. The number of para-hydroxylation sites is 1. The first-order valence-electron chi connectivity index (χ1n) is 6.17. The summed E-state index contributed by atoms with van der Waals surface area (Å²) in [5.41, 5.74) is 0.604. The van der Waals surface area contributed by atoms with Crippen molar-refractivity contribution in [1.29, 1.82) is 0 Å². The zero-order valence-electron chi connectivity index (χ0n) is 11.0. The van der Waals surface area contributed by atoms with E-state index < -0.39 is 17.9 Å². The molecule has 1 unspecified atom stereocenters. The third-order valence-electron chi connectivity index (χ3n) is 2.70. The highest BCUT2D eigenvalue weighted by molar-refractivity contribution is 9.11. The van der Waals surface area contributed by atoms with Crippen molar-refractivity contribution >= 4 is 49.5 Å². The van der Waals surface area contributed by atoms with Crippen LogP contribution in [0.4, 0.5) is 10.5 Å². The number of anilines is 1. The van der Waals surface area contributed by atoms with E-state index in [2.05, 4.69) is 42.5 Å². The summed E-state index contributed by atoms with van der Waals surface area (Å²) >= 11 is 6.67. The summed E-state index contributed by atoms with van der Waals surface area (Å²) in [4.78, 5) is 22.8. The lowest BCUT2D eigenvalue weighted by Crippen LogP contribution is -2.35. The van der Waals surface area contributed by atoms with E-state index in [-0.39, 0.29) is 6.54 Å². The van der Waals surface area contributed by atoms with Crippen LogP contribution in [-0.4, -0.2) is 23.7 Å². The van der Waals surface area contributed by atoms with Crippen LogP contribution >= 0.6 is 31.9 Å². The van der Waals surface area contributed by atoms with Crippen LogP contribution in [-0.2, 0) is 4.79 Å². The van der Waals surface area contributed by atoms with E-state index in [1.807, 2.05) is 13.0 Å². The number of carboxylic acids is 1. The van der Waals surface area contributed by atoms with Gasteiger partial charge in [0.1, 0.15) is 0 Å². The molecule has 0 saturated heterocycles. The smallest absolute Gasteiger partial charge is 0.319 e. The Labute approximate surface area is 134 Å². The first-order chi connectivity index (χ1) is 9.45. The third-order valence-corrected chi connectivity index (χ3v) is 4.02. The maximum atomic E-state index is 11.8. The Bertz CT molecular complexity index is 474. The van der Waals surface area contributed by atoms with Gasteiger partial charge >= 0.3 is 12.0 Å².